The molecule has 0 aromatic heterocycles. The van der Waals surface area contributed by atoms with Gasteiger partial charge in [-0.25, -0.2) is 0 Å². The Morgan fingerprint density at radius 3 is 2.05 bits per heavy atom. The summed E-state index contributed by atoms with van der Waals surface area (Å²) in [5.41, 5.74) is 3.52. The van der Waals surface area contributed by atoms with E-state index in [1.54, 1.807) is 12.0 Å². The lowest BCUT2D eigenvalue weighted by Crippen LogP contribution is -2.56. The first-order valence-corrected chi connectivity index (χ1v) is 8.94. The van der Waals surface area contributed by atoms with E-state index < -0.39 is 0 Å². The molecular weight excluding hydrogens is 254 g/mol. The zero-order chi connectivity index (χ0) is 14.4. The van der Waals surface area contributed by atoms with E-state index in [0.29, 0.717) is 5.41 Å². The minimum atomic E-state index is 0.476. The number of aryl methyl sites for hydroxylation is 1. The molecule has 1 aromatic rings. The van der Waals surface area contributed by atoms with E-state index in [9.17, 15) is 0 Å². The van der Waals surface area contributed by atoms with Crippen LogP contribution in [0.3, 0.4) is 0 Å². The normalized spacial score (nSPS) is 40.7. The molecule has 0 unspecified atom stereocenters. The Labute approximate surface area is 129 Å². The van der Waals surface area contributed by atoms with Gasteiger partial charge in [-0.15, -0.1) is 0 Å². The topological polar surface area (TPSA) is 12.0 Å². The molecule has 114 valence electrons. The second kappa shape index (κ2) is 5.12. The summed E-state index contributed by atoms with van der Waals surface area (Å²) in [5.74, 6) is 4.01. The van der Waals surface area contributed by atoms with Gasteiger partial charge in [0.2, 0.25) is 0 Å². The zero-order valence-corrected chi connectivity index (χ0v) is 13.6. The fourth-order valence-electron chi connectivity index (χ4n) is 6.24. The summed E-state index contributed by atoms with van der Waals surface area (Å²) in [4.78, 5) is 0. The van der Waals surface area contributed by atoms with Crippen molar-refractivity contribution in [1.82, 2.24) is 5.32 Å². The summed E-state index contributed by atoms with van der Waals surface area (Å²) < 4.78 is 0. The van der Waals surface area contributed by atoms with Crippen LogP contribution in [0.25, 0.3) is 0 Å². The maximum absolute atomic E-state index is 3.43. The van der Waals surface area contributed by atoms with Crippen LogP contribution in [-0.4, -0.2) is 13.6 Å². The molecular formula is C20H29N. The van der Waals surface area contributed by atoms with E-state index in [1.807, 2.05) is 0 Å². The van der Waals surface area contributed by atoms with Crippen molar-refractivity contribution in [2.75, 3.05) is 13.6 Å². The van der Waals surface area contributed by atoms with Crippen LogP contribution in [0.2, 0.25) is 0 Å². The van der Waals surface area contributed by atoms with E-state index >= 15 is 0 Å². The van der Waals surface area contributed by atoms with Gasteiger partial charge in [0, 0.05) is 5.41 Å². The van der Waals surface area contributed by atoms with E-state index in [0.717, 1.165) is 30.2 Å². The van der Waals surface area contributed by atoms with E-state index in [4.69, 9.17) is 0 Å². The van der Waals surface area contributed by atoms with Gasteiger partial charge in [-0.1, -0.05) is 29.8 Å². The lowest BCUT2D eigenvalue weighted by atomic mass is 9.43. The van der Waals surface area contributed by atoms with E-state index in [2.05, 4.69) is 43.6 Å². The first kappa shape index (κ1) is 13.8. The van der Waals surface area contributed by atoms with E-state index in [1.165, 1.54) is 37.7 Å². The summed E-state index contributed by atoms with van der Waals surface area (Å²) in [6, 6.07) is 9.57. The van der Waals surface area contributed by atoms with Crippen LogP contribution in [0, 0.1) is 30.6 Å². The molecule has 0 atom stereocenters. The molecule has 1 N–H and O–H groups in total. The average molecular weight is 283 g/mol. The first-order valence-electron chi connectivity index (χ1n) is 8.94. The Kier molecular flexibility index (Phi) is 3.37. The van der Waals surface area contributed by atoms with Gasteiger partial charge in [-0.2, -0.15) is 0 Å². The molecule has 0 spiro atoms. The highest BCUT2D eigenvalue weighted by Gasteiger charge is 2.57. The first-order chi connectivity index (χ1) is 10.2. The maximum atomic E-state index is 3.43. The third-order valence-corrected chi connectivity index (χ3v) is 6.97. The fourth-order valence-corrected chi connectivity index (χ4v) is 6.24. The SMILES string of the molecule is CNCCC1(c2ccc(C)cc2)C2CC3CC(C2)CC1C3. The molecule has 4 aliphatic rings. The Bertz CT molecular complexity index is 473. The number of rotatable bonds is 4. The summed E-state index contributed by atoms with van der Waals surface area (Å²) in [7, 11) is 2.11. The molecule has 0 amide bonds. The molecule has 0 radical (unpaired) electrons. The Hall–Kier alpha value is -0.820. The molecule has 0 heterocycles. The van der Waals surface area contributed by atoms with Gasteiger partial charge in [0.25, 0.3) is 0 Å². The van der Waals surface area contributed by atoms with Crippen LogP contribution < -0.4 is 5.32 Å². The summed E-state index contributed by atoms with van der Waals surface area (Å²) in [5, 5.41) is 3.43. The minimum Gasteiger partial charge on any atom is -0.320 e. The van der Waals surface area contributed by atoms with Crippen LogP contribution in [0.1, 0.15) is 49.7 Å². The van der Waals surface area contributed by atoms with Crippen molar-refractivity contribution in [2.45, 2.75) is 50.9 Å². The molecule has 4 saturated carbocycles. The van der Waals surface area contributed by atoms with Crippen LogP contribution in [0.15, 0.2) is 24.3 Å². The molecule has 0 aliphatic heterocycles. The third kappa shape index (κ3) is 2.08. The van der Waals surface area contributed by atoms with Crippen molar-refractivity contribution in [2.24, 2.45) is 23.7 Å². The minimum absolute atomic E-state index is 0.476. The molecule has 4 fully saturated rings. The summed E-state index contributed by atoms with van der Waals surface area (Å²) in [6.45, 7) is 3.37. The van der Waals surface area contributed by atoms with Crippen molar-refractivity contribution in [3.05, 3.63) is 35.4 Å². The molecule has 0 saturated heterocycles. The number of benzene rings is 1. The second-order valence-electron chi connectivity index (χ2n) is 8.06. The summed E-state index contributed by atoms with van der Waals surface area (Å²) in [6.07, 6.45) is 8.90. The summed E-state index contributed by atoms with van der Waals surface area (Å²) >= 11 is 0. The van der Waals surface area contributed by atoms with Crippen molar-refractivity contribution in [3.8, 4) is 0 Å². The molecule has 4 aliphatic carbocycles. The van der Waals surface area contributed by atoms with Gasteiger partial charge >= 0.3 is 0 Å². The van der Waals surface area contributed by atoms with Gasteiger partial charge in [0.05, 0.1) is 0 Å². The highest BCUT2D eigenvalue weighted by atomic mass is 14.8. The molecule has 21 heavy (non-hydrogen) atoms. The third-order valence-electron chi connectivity index (χ3n) is 6.97. The predicted molar refractivity (Wildman–Crippen MR) is 88.4 cm³/mol. The van der Waals surface area contributed by atoms with E-state index in [-0.39, 0.29) is 0 Å². The Balaban J connectivity index is 1.75. The molecule has 5 rings (SSSR count). The van der Waals surface area contributed by atoms with Crippen LogP contribution in [0.5, 0.6) is 0 Å². The standard InChI is InChI=1S/C20H29N/c1-14-3-5-17(6-4-14)20(7-8-21-2)18-10-15-9-16(12-18)13-19(20)11-15/h3-6,15-16,18-19,21H,7-13H2,1-2H3. The molecule has 4 bridgehead atoms. The van der Waals surface area contributed by atoms with Gasteiger partial charge < -0.3 is 5.32 Å². The van der Waals surface area contributed by atoms with Crippen molar-refractivity contribution in [1.29, 1.82) is 0 Å². The lowest BCUT2D eigenvalue weighted by molar-refractivity contribution is -0.0645. The van der Waals surface area contributed by atoms with Crippen molar-refractivity contribution < 1.29 is 0 Å². The van der Waals surface area contributed by atoms with Gasteiger partial charge in [0.1, 0.15) is 0 Å². The number of nitrogens with one attached hydrogen (secondary N) is 1. The molecule has 1 aromatic carbocycles. The van der Waals surface area contributed by atoms with Crippen molar-refractivity contribution >= 4 is 0 Å². The molecule has 1 nitrogen and oxygen atoms in total. The van der Waals surface area contributed by atoms with Gasteiger partial charge in [-0.3, -0.25) is 0 Å². The second-order valence-corrected chi connectivity index (χ2v) is 8.06. The van der Waals surface area contributed by atoms with Crippen molar-refractivity contribution in [3.63, 3.8) is 0 Å². The van der Waals surface area contributed by atoms with Gasteiger partial charge in [0.15, 0.2) is 0 Å². The average Bonchev–Trinajstić information content (AvgIpc) is 2.48. The van der Waals surface area contributed by atoms with Gasteiger partial charge in [-0.05, 0) is 88.3 Å². The number of hydrogen-bond acceptors (Lipinski definition) is 1. The fraction of sp³-hybridized carbons (Fsp3) is 0.700. The lowest BCUT2D eigenvalue weighted by Gasteiger charge is -2.62. The zero-order valence-electron chi connectivity index (χ0n) is 13.6. The smallest absolute Gasteiger partial charge is 0.00219 e. The largest absolute Gasteiger partial charge is 0.320 e. The highest BCUT2D eigenvalue weighted by molar-refractivity contribution is 5.33. The molecule has 1 heteroatoms. The number of hydrogen-bond donors (Lipinski definition) is 1. The van der Waals surface area contributed by atoms with Crippen LogP contribution in [0.4, 0.5) is 0 Å². The van der Waals surface area contributed by atoms with Crippen LogP contribution in [-0.2, 0) is 5.41 Å². The Morgan fingerprint density at radius 2 is 1.52 bits per heavy atom. The maximum Gasteiger partial charge on any atom is 0.00219 e. The Morgan fingerprint density at radius 1 is 0.952 bits per heavy atom. The van der Waals surface area contributed by atoms with Crippen LogP contribution >= 0.6 is 0 Å². The predicted octanol–water partition coefficient (Wildman–Crippen LogP) is 4.30. The highest BCUT2D eigenvalue weighted by Crippen LogP contribution is 2.64. The monoisotopic (exact) mass is 283 g/mol. The quantitative estimate of drug-likeness (QED) is 0.869.